The number of esters is 1. The Hall–Kier alpha value is -4.49. The summed E-state index contributed by atoms with van der Waals surface area (Å²) in [5, 5.41) is 11.6. The van der Waals surface area contributed by atoms with Crippen LogP contribution in [0.5, 0.6) is 11.5 Å². The minimum absolute atomic E-state index is 0.00371. The van der Waals surface area contributed by atoms with Gasteiger partial charge in [-0.1, -0.05) is 0 Å². The summed E-state index contributed by atoms with van der Waals surface area (Å²) in [6, 6.07) is 3.58. The lowest BCUT2D eigenvalue weighted by Gasteiger charge is -2.32. The number of ether oxygens (including phenoxy) is 4. The molecule has 1 atom stereocenters. The van der Waals surface area contributed by atoms with E-state index < -0.39 is 53.5 Å². The maximum Gasteiger partial charge on any atom is 0.422 e. The molecule has 0 bridgehead atoms. The van der Waals surface area contributed by atoms with E-state index in [-0.39, 0.29) is 41.0 Å². The summed E-state index contributed by atoms with van der Waals surface area (Å²) in [5.74, 6) is -2.35. The fourth-order valence-electron chi connectivity index (χ4n) is 4.21. The van der Waals surface area contributed by atoms with Gasteiger partial charge in [-0.15, -0.1) is 0 Å². The van der Waals surface area contributed by atoms with E-state index in [0.717, 1.165) is 10.6 Å². The standard InChI is InChI=1S/C24H24FN3O10/c1-4-37-23(31)15-8-14(12-5-6-12)20-26(21(15)29)10-16(25)22(30)27(20)24(32)38-11-13-7-18(35-2)19(36-3)9-17(13)28(33)34/h7-9,12,16H,4-6,10-11H2,1-3H3. The van der Waals surface area contributed by atoms with Gasteiger partial charge in [-0.3, -0.25) is 24.3 Å². The summed E-state index contributed by atoms with van der Waals surface area (Å²) >= 11 is 0. The SMILES string of the molecule is CCOC(=O)c1cc(C2CC2)c2n(c1=O)CC(F)C(=O)N2C(=O)OCc1cc(OC)c(OC)cc1[N+](=O)[O-]. The van der Waals surface area contributed by atoms with Crippen LogP contribution in [0.1, 0.15) is 47.2 Å². The number of nitrogens with zero attached hydrogens (tertiary/aromatic N) is 3. The number of amides is 2. The van der Waals surface area contributed by atoms with Crippen LogP contribution in [0.4, 0.5) is 20.7 Å². The summed E-state index contributed by atoms with van der Waals surface area (Å²) in [6.45, 7) is 0.182. The molecule has 38 heavy (non-hydrogen) atoms. The highest BCUT2D eigenvalue weighted by molar-refractivity contribution is 6.14. The largest absolute Gasteiger partial charge is 0.493 e. The third-order valence-electron chi connectivity index (χ3n) is 6.16. The van der Waals surface area contributed by atoms with Crippen molar-refractivity contribution < 1.29 is 42.6 Å². The molecule has 1 unspecified atom stereocenters. The number of fused-ring (bicyclic) bond motifs is 1. The molecular formula is C24H24FN3O10. The predicted octanol–water partition coefficient (Wildman–Crippen LogP) is 2.85. The van der Waals surface area contributed by atoms with Gasteiger partial charge in [-0.05, 0) is 43.4 Å². The van der Waals surface area contributed by atoms with Crippen molar-refractivity contribution in [3.05, 3.63) is 55.4 Å². The van der Waals surface area contributed by atoms with Crippen LogP contribution in [-0.2, 0) is 27.4 Å². The van der Waals surface area contributed by atoms with E-state index in [0.29, 0.717) is 23.3 Å². The van der Waals surface area contributed by atoms with Crippen LogP contribution >= 0.6 is 0 Å². The molecule has 14 heteroatoms. The number of imide groups is 1. The van der Waals surface area contributed by atoms with E-state index in [4.69, 9.17) is 18.9 Å². The molecule has 2 amide bonds. The minimum atomic E-state index is -2.28. The number of benzene rings is 1. The van der Waals surface area contributed by atoms with Gasteiger partial charge in [0, 0.05) is 0 Å². The van der Waals surface area contributed by atoms with Crippen LogP contribution in [0.25, 0.3) is 0 Å². The number of anilines is 1. The molecule has 0 radical (unpaired) electrons. The van der Waals surface area contributed by atoms with Gasteiger partial charge in [0.15, 0.2) is 17.7 Å². The lowest BCUT2D eigenvalue weighted by Crippen LogP contribution is -2.52. The Morgan fingerprint density at radius 3 is 2.34 bits per heavy atom. The number of methoxy groups -OCH3 is 2. The molecule has 1 fully saturated rings. The number of aromatic nitrogens is 1. The van der Waals surface area contributed by atoms with Crippen molar-refractivity contribution in [2.45, 2.75) is 45.0 Å². The van der Waals surface area contributed by atoms with Crippen molar-refractivity contribution in [2.24, 2.45) is 0 Å². The molecule has 1 aliphatic heterocycles. The molecule has 1 aromatic heterocycles. The summed E-state index contributed by atoms with van der Waals surface area (Å²) < 4.78 is 36.0. The average Bonchev–Trinajstić information content (AvgIpc) is 3.73. The number of nitro groups is 1. The highest BCUT2D eigenvalue weighted by Gasteiger charge is 2.44. The molecule has 202 valence electrons. The second-order valence-corrected chi connectivity index (χ2v) is 8.54. The topological polar surface area (TPSA) is 157 Å². The Balaban J connectivity index is 1.74. The first-order valence-corrected chi connectivity index (χ1v) is 11.6. The maximum atomic E-state index is 14.8. The lowest BCUT2D eigenvalue weighted by molar-refractivity contribution is -0.385. The number of hydrogen-bond acceptors (Lipinski definition) is 10. The predicted molar refractivity (Wildman–Crippen MR) is 127 cm³/mol. The number of nitro benzene ring substituents is 1. The Morgan fingerprint density at radius 2 is 1.76 bits per heavy atom. The van der Waals surface area contributed by atoms with Crippen molar-refractivity contribution in [1.82, 2.24) is 4.57 Å². The van der Waals surface area contributed by atoms with Gasteiger partial charge in [0.05, 0.1) is 43.9 Å². The number of pyridine rings is 1. The number of carbonyl (C=O) groups is 3. The van der Waals surface area contributed by atoms with Crippen LogP contribution in [0.2, 0.25) is 0 Å². The minimum Gasteiger partial charge on any atom is -0.493 e. The summed E-state index contributed by atoms with van der Waals surface area (Å²) in [5.41, 5.74) is -1.47. The lowest BCUT2D eigenvalue weighted by atomic mass is 10.1. The molecule has 1 aromatic carbocycles. The van der Waals surface area contributed by atoms with Crippen LogP contribution in [0, 0.1) is 10.1 Å². The van der Waals surface area contributed by atoms with Gasteiger partial charge < -0.3 is 18.9 Å². The summed E-state index contributed by atoms with van der Waals surface area (Å²) in [6.07, 6.45) is -2.32. The fourth-order valence-corrected chi connectivity index (χ4v) is 4.21. The molecule has 0 saturated heterocycles. The summed E-state index contributed by atoms with van der Waals surface area (Å²) in [7, 11) is 2.60. The van der Waals surface area contributed by atoms with Crippen molar-refractivity contribution in [3.8, 4) is 11.5 Å². The zero-order chi connectivity index (χ0) is 27.7. The normalized spacial score (nSPS) is 16.5. The first-order valence-electron chi connectivity index (χ1n) is 11.6. The first kappa shape index (κ1) is 26.6. The Kier molecular flexibility index (Phi) is 7.32. The molecule has 2 aromatic rings. The van der Waals surface area contributed by atoms with E-state index in [9.17, 15) is 33.7 Å². The monoisotopic (exact) mass is 533 g/mol. The van der Waals surface area contributed by atoms with Crippen molar-refractivity contribution in [2.75, 3.05) is 25.7 Å². The second kappa shape index (κ2) is 10.5. The van der Waals surface area contributed by atoms with Crippen LogP contribution in [-0.4, -0.2) is 54.5 Å². The molecule has 2 heterocycles. The fraction of sp³-hybridized carbons (Fsp3) is 0.417. The molecule has 4 rings (SSSR count). The highest BCUT2D eigenvalue weighted by atomic mass is 19.1. The Labute approximate surface area is 214 Å². The van der Waals surface area contributed by atoms with Gasteiger partial charge in [0.25, 0.3) is 17.2 Å². The third-order valence-corrected chi connectivity index (χ3v) is 6.16. The number of carbonyl (C=O) groups excluding carboxylic acids is 3. The van der Waals surface area contributed by atoms with Crippen LogP contribution < -0.4 is 19.9 Å². The van der Waals surface area contributed by atoms with Crippen LogP contribution in [0.3, 0.4) is 0 Å². The van der Waals surface area contributed by atoms with E-state index in [1.807, 2.05) is 0 Å². The van der Waals surface area contributed by atoms with Gasteiger partial charge in [-0.25, -0.2) is 14.0 Å². The Bertz CT molecular complexity index is 1380. The van der Waals surface area contributed by atoms with E-state index >= 15 is 0 Å². The maximum absolute atomic E-state index is 14.8. The van der Waals surface area contributed by atoms with Gasteiger partial charge >= 0.3 is 12.1 Å². The number of halogens is 1. The van der Waals surface area contributed by atoms with E-state index in [1.165, 1.54) is 26.4 Å². The van der Waals surface area contributed by atoms with Gasteiger partial charge in [0.1, 0.15) is 18.0 Å². The quantitative estimate of drug-likeness (QED) is 0.281. The van der Waals surface area contributed by atoms with Crippen molar-refractivity contribution in [3.63, 3.8) is 0 Å². The molecule has 0 spiro atoms. The molecular weight excluding hydrogens is 509 g/mol. The molecule has 0 N–H and O–H groups in total. The number of alkyl halides is 1. The van der Waals surface area contributed by atoms with Crippen molar-refractivity contribution >= 4 is 29.5 Å². The second-order valence-electron chi connectivity index (χ2n) is 8.54. The molecule has 1 aliphatic carbocycles. The smallest absolute Gasteiger partial charge is 0.422 e. The summed E-state index contributed by atoms with van der Waals surface area (Å²) in [4.78, 5) is 62.7. The third kappa shape index (κ3) is 4.76. The van der Waals surface area contributed by atoms with Gasteiger partial charge in [-0.2, -0.15) is 4.90 Å². The molecule has 1 saturated carbocycles. The van der Waals surface area contributed by atoms with E-state index in [1.54, 1.807) is 6.92 Å². The average molecular weight is 533 g/mol. The highest BCUT2D eigenvalue weighted by Crippen LogP contribution is 2.45. The van der Waals surface area contributed by atoms with E-state index in [2.05, 4.69) is 0 Å². The Morgan fingerprint density at radius 1 is 1.11 bits per heavy atom. The van der Waals surface area contributed by atoms with Gasteiger partial charge in [0.2, 0.25) is 0 Å². The number of hydrogen-bond donors (Lipinski definition) is 0. The first-order chi connectivity index (χ1) is 18.1. The molecule has 2 aliphatic rings. The van der Waals surface area contributed by atoms with Crippen LogP contribution in [0.15, 0.2) is 23.0 Å². The molecule has 13 nitrogen and oxygen atoms in total. The zero-order valence-corrected chi connectivity index (χ0v) is 20.7. The zero-order valence-electron chi connectivity index (χ0n) is 20.7. The number of rotatable bonds is 8. The van der Waals surface area contributed by atoms with Crippen molar-refractivity contribution in [1.29, 1.82) is 0 Å².